The van der Waals surface area contributed by atoms with E-state index in [0.29, 0.717) is 32.5 Å². The van der Waals surface area contributed by atoms with Crippen LogP contribution in [0.5, 0.6) is 0 Å². The molecule has 1 N–H and O–H groups in total. The zero-order valence-electron chi connectivity index (χ0n) is 17.3. The maximum Gasteiger partial charge on any atom is 0.327 e. The molecule has 1 aromatic carbocycles. The summed E-state index contributed by atoms with van der Waals surface area (Å²) in [4.78, 5) is 25.1. The first-order chi connectivity index (χ1) is 14.9. The molecule has 1 aliphatic heterocycles. The predicted octanol–water partition coefficient (Wildman–Crippen LogP) is 3.19. The number of likely N-dealkylation sites (tertiary alicyclic amines) is 1. The molecule has 0 bridgehead atoms. The number of rotatable bonds is 8. The van der Waals surface area contributed by atoms with Crippen molar-refractivity contribution in [3.8, 4) is 0 Å². The van der Waals surface area contributed by atoms with Gasteiger partial charge in [0.2, 0.25) is 0 Å². The van der Waals surface area contributed by atoms with Gasteiger partial charge in [-0.3, -0.25) is 14.4 Å². The number of carbonyl (C=O) groups excluding carboxylic acids is 1. The largest absolute Gasteiger partial charge is 0.481 e. The molecule has 2 aromatic rings. The van der Waals surface area contributed by atoms with E-state index in [9.17, 15) is 14.0 Å². The van der Waals surface area contributed by atoms with Gasteiger partial charge in [-0.25, -0.2) is 9.18 Å². The number of hydrogen-bond acceptors (Lipinski definition) is 6. The van der Waals surface area contributed by atoms with E-state index in [1.807, 2.05) is 17.2 Å². The van der Waals surface area contributed by atoms with Gasteiger partial charge < -0.3 is 9.84 Å². The Balaban J connectivity index is 1.78. The van der Waals surface area contributed by atoms with Crippen molar-refractivity contribution in [1.29, 1.82) is 0 Å². The quantitative estimate of drug-likeness (QED) is 0.478. The van der Waals surface area contributed by atoms with Crippen molar-refractivity contribution in [2.24, 2.45) is 0 Å². The van der Waals surface area contributed by atoms with Gasteiger partial charge in [0.05, 0.1) is 13.3 Å². The SMILES string of the molecule is COC(=O)C(c1ccccc1F)N1CCC(S)/C(=C\c2cnn(CCCC(=O)O)c2)C1. The van der Waals surface area contributed by atoms with E-state index in [4.69, 9.17) is 9.84 Å². The van der Waals surface area contributed by atoms with Crippen LogP contribution < -0.4 is 0 Å². The molecule has 2 heterocycles. The molecule has 0 radical (unpaired) electrons. The molecule has 1 aromatic heterocycles. The highest BCUT2D eigenvalue weighted by molar-refractivity contribution is 7.81. The predicted molar refractivity (Wildman–Crippen MR) is 117 cm³/mol. The average Bonchev–Trinajstić information content (AvgIpc) is 3.18. The van der Waals surface area contributed by atoms with E-state index >= 15 is 0 Å². The summed E-state index contributed by atoms with van der Waals surface area (Å²) in [6.07, 6.45) is 6.82. The number of ether oxygens (including phenoxy) is 1. The van der Waals surface area contributed by atoms with Crippen LogP contribution in [0.3, 0.4) is 0 Å². The Morgan fingerprint density at radius 3 is 2.90 bits per heavy atom. The van der Waals surface area contributed by atoms with Gasteiger partial charge in [-0.1, -0.05) is 24.3 Å². The lowest BCUT2D eigenvalue weighted by Crippen LogP contribution is -2.42. The Morgan fingerprint density at radius 2 is 2.19 bits per heavy atom. The highest BCUT2D eigenvalue weighted by Gasteiger charge is 2.34. The number of thiol groups is 1. The van der Waals surface area contributed by atoms with E-state index in [0.717, 1.165) is 11.1 Å². The average molecular weight is 448 g/mol. The number of hydrogen-bond donors (Lipinski definition) is 2. The highest BCUT2D eigenvalue weighted by Crippen LogP contribution is 2.32. The van der Waals surface area contributed by atoms with E-state index in [-0.39, 0.29) is 17.2 Å². The maximum absolute atomic E-state index is 14.5. The van der Waals surface area contributed by atoms with Crippen molar-refractivity contribution in [2.75, 3.05) is 20.2 Å². The highest BCUT2D eigenvalue weighted by atomic mass is 32.1. The van der Waals surface area contributed by atoms with Gasteiger partial charge in [0, 0.05) is 48.6 Å². The molecule has 2 unspecified atom stereocenters. The molecule has 7 nitrogen and oxygen atoms in total. The number of methoxy groups -OCH3 is 1. The van der Waals surface area contributed by atoms with Crippen LogP contribution in [-0.4, -0.2) is 57.2 Å². The van der Waals surface area contributed by atoms with Gasteiger partial charge >= 0.3 is 11.9 Å². The molecule has 1 aliphatic rings. The molecule has 1 saturated heterocycles. The molecular weight excluding hydrogens is 421 g/mol. The number of aliphatic carboxylic acids is 1. The Labute approximate surface area is 185 Å². The molecule has 0 saturated carbocycles. The second kappa shape index (κ2) is 10.6. The van der Waals surface area contributed by atoms with Crippen molar-refractivity contribution < 1.29 is 23.8 Å². The minimum Gasteiger partial charge on any atom is -0.481 e. The third kappa shape index (κ3) is 5.95. The van der Waals surface area contributed by atoms with Crippen molar-refractivity contribution in [1.82, 2.24) is 14.7 Å². The summed E-state index contributed by atoms with van der Waals surface area (Å²) in [5.41, 5.74) is 2.15. The van der Waals surface area contributed by atoms with Gasteiger partial charge in [-0.15, -0.1) is 0 Å². The number of piperidine rings is 1. The molecule has 3 rings (SSSR count). The number of carboxylic acid groups (broad SMARTS) is 1. The summed E-state index contributed by atoms with van der Waals surface area (Å²) in [6.45, 7) is 1.53. The van der Waals surface area contributed by atoms with Crippen LogP contribution in [0.1, 0.15) is 36.4 Å². The van der Waals surface area contributed by atoms with Crippen LogP contribution >= 0.6 is 12.6 Å². The zero-order valence-corrected chi connectivity index (χ0v) is 18.2. The van der Waals surface area contributed by atoms with Gasteiger partial charge in [-0.05, 0) is 24.5 Å². The number of nitrogens with zero attached hydrogens (tertiary/aromatic N) is 3. The Kier molecular flexibility index (Phi) is 7.86. The zero-order chi connectivity index (χ0) is 22.4. The lowest BCUT2D eigenvalue weighted by molar-refractivity contribution is -0.147. The summed E-state index contributed by atoms with van der Waals surface area (Å²) in [6, 6.07) is 5.40. The minimum absolute atomic E-state index is 0.00512. The van der Waals surface area contributed by atoms with E-state index in [1.54, 1.807) is 29.1 Å². The number of aryl methyl sites for hydroxylation is 1. The van der Waals surface area contributed by atoms with Gasteiger partial charge in [0.1, 0.15) is 11.9 Å². The number of esters is 1. The molecule has 31 heavy (non-hydrogen) atoms. The molecule has 1 fully saturated rings. The molecule has 2 atom stereocenters. The summed E-state index contributed by atoms with van der Waals surface area (Å²) in [5.74, 6) is -1.78. The fourth-order valence-electron chi connectivity index (χ4n) is 3.72. The molecule has 166 valence electrons. The molecule has 0 spiro atoms. The first kappa shape index (κ1) is 23.0. The second-order valence-corrected chi connectivity index (χ2v) is 8.10. The third-order valence-electron chi connectivity index (χ3n) is 5.28. The summed E-state index contributed by atoms with van der Waals surface area (Å²) < 4.78 is 21.1. The summed E-state index contributed by atoms with van der Waals surface area (Å²) in [5, 5.41) is 13.0. The van der Waals surface area contributed by atoms with Crippen LogP contribution in [0.25, 0.3) is 6.08 Å². The Hall–Kier alpha value is -2.65. The Morgan fingerprint density at radius 1 is 1.42 bits per heavy atom. The molecule has 9 heteroatoms. The molecular formula is C22H26FN3O4S. The lowest BCUT2D eigenvalue weighted by atomic mass is 9.97. The number of halogens is 1. The topological polar surface area (TPSA) is 84.7 Å². The first-order valence-corrected chi connectivity index (χ1v) is 10.6. The summed E-state index contributed by atoms with van der Waals surface area (Å²) in [7, 11) is 1.30. The van der Waals surface area contributed by atoms with Gasteiger partial charge in [0.15, 0.2) is 0 Å². The van der Waals surface area contributed by atoms with E-state index in [1.165, 1.54) is 13.2 Å². The Bertz CT molecular complexity index is 962. The standard InChI is InChI=1S/C22H26FN3O4S/c1-30-22(29)21(17-5-2-3-6-18(17)23)25-10-8-19(31)16(14-25)11-15-12-24-26(13-15)9-4-7-20(27)28/h2-3,5-6,11-13,19,21,31H,4,7-10,14H2,1H3,(H,27,28)/b16-11-. The van der Waals surface area contributed by atoms with Crippen molar-refractivity contribution in [3.63, 3.8) is 0 Å². The number of carbonyl (C=O) groups is 2. The smallest absolute Gasteiger partial charge is 0.327 e. The number of carboxylic acids is 1. The monoisotopic (exact) mass is 447 g/mol. The van der Waals surface area contributed by atoms with E-state index < -0.39 is 23.8 Å². The first-order valence-electron chi connectivity index (χ1n) is 10.1. The van der Waals surface area contributed by atoms with Crippen molar-refractivity contribution in [2.45, 2.75) is 37.1 Å². The van der Waals surface area contributed by atoms with Crippen LogP contribution in [0.15, 0.2) is 42.2 Å². The second-order valence-electron chi connectivity index (χ2n) is 7.48. The van der Waals surface area contributed by atoms with Crippen LogP contribution in [0.4, 0.5) is 4.39 Å². The fraction of sp³-hybridized carbons (Fsp3) is 0.409. The lowest BCUT2D eigenvalue weighted by Gasteiger charge is -2.36. The van der Waals surface area contributed by atoms with Gasteiger partial charge in [0.25, 0.3) is 0 Å². The van der Waals surface area contributed by atoms with Crippen LogP contribution in [0, 0.1) is 5.82 Å². The third-order valence-corrected chi connectivity index (χ3v) is 5.87. The normalized spacial score (nSPS) is 19.3. The van der Waals surface area contributed by atoms with Crippen LogP contribution in [0.2, 0.25) is 0 Å². The van der Waals surface area contributed by atoms with Crippen LogP contribution in [-0.2, 0) is 20.9 Å². The number of benzene rings is 1. The van der Waals surface area contributed by atoms with E-state index in [2.05, 4.69) is 17.7 Å². The van der Waals surface area contributed by atoms with Gasteiger partial charge in [-0.2, -0.15) is 17.7 Å². The fourth-order valence-corrected chi connectivity index (χ4v) is 3.99. The maximum atomic E-state index is 14.5. The minimum atomic E-state index is -0.839. The summed E-state index contributed by atoms with van der Waals surface area (Å²) >= 11 is 4.69. The molecule has 0 aliphatic carbocycles. The van der Waals surface area contributed by atoms with Crippen molar-refractivity contribution in [3.05, 3.63) is 59.2 Å². The molecule has 0 amide bonds. The number of aromatic nitrogens is 2. The van der Waals surface area contributed by atoms with Crippen molar-refractivity contribution >= 4 is 30.6 Å².